The number of nitrogens with zero attached hydrogens (tertiary/aromatic N) is 1. The van der Waals surface area contributed by atoms with E-state index in [-0.39, 0.29) is 17.6 Å². The molecule has 0 saturated carbocycles. The summed E-state index contributed by atoms with van der Waals surface area (Å²) in [5, 5.41) is 13.3. The molecule has 3 aromatic carbocycles. The van der Waals surface area contributed by atoms with Crippen molar-refractivity contribution in [2.24, 2.45) is 0 Å². The number of phenols is 1. The number of hydrogen-bond acceptors (Lipinski definition) is 2. The van der Waals surface area contributed by atoms with E-state index in [0.29, 0.717) is 18.1 Å². The molecule has 30 heavy (non-hydrogen) atoms. The number of hydrogen-bond donors (Lipinski definition) is 2. The van der Waals surface area contributed by atoms with Crippen LogP contribution in [0.2, 0.25) is 0 Å². The van der Waals surface area contributed by atoms with E-state index in [9.17, 15) is 9.90 Å². The molecule has 0 radical (unpaired) electrons. The van der Waals surface area contributed by atoms with Gasteiger partial charge in [-0.3, -0.25) is 4.79 Å². The lowest BCUT2D eigenvalue weighted by Crippen LogP contribution is -2.30. The minimum Gasteiger partial charge on any atom is -0.507 e. The van der Waals surface area contributed by atoms with Crippen molar-refractivity contribution in [2.45, 2.75) is 12.8 Å². The Balaban J connectivity index is 1.61. The van der Waals surface area contributed by atoms with Gasteiger partial charge in [0.05, 0.1) is 5.69 Å². The van der Waals surface area contributed by atoms with Gasteiger partial charge < -0.3 is 15.0 Å². The number of H-pyrrole nitrogens is 1. The summed E-state index contributed by atoms with van der Waals surface area (Å²) in [7, 11) is 0. The van der Waals surface area contributed by atoms with E-state index in [2.05, 4.69) is 11.6 Å². The molecule has 4 nitrogen and oxygen atoms in total. The number of carbonyl (C=O) groups excluding carboxylic acids is 1. The highest BCUT2D eigenvalue weighted by Crippen LogP contribution is 2.45. The summed E-state index contributed by atoms with van der Waals surface area (Å²) in [6.45, 7) is 6.44. The number of anilines is 1. The molecule has 5 heteroatoms. The highest BCUT2D eigenvalue weighted by atomic mass is 35.5. The van der Waals surface area contributed by atoms with Crippen molar-refractivity contribution >= 4 is 50.4 Å². The Bertz CT molecular complexity index is 1340. The molecule has 0 spiro atoms. The van der Waals surface area contributed by atoms with Crippen LogP contribution in [0.1, 0.15) is 34.5 Å². The number of fused-ring (bicyclic) bond motifs is 4. The fraction of sp³-hybridized carbons (Fsp3) is 0.160. The number of aromatic hydroxyl groups is 1. The Morgan fingerprint density at radius 1 is 1.20 bits per heavy atom. The van der Waals surface area contributed by atoms with E-state index in [0.717, 1.165) is 44.1 Å². The minimum absolute atomic E-state index is 0.00973. The van der Waals surface area contributed by atoms with Gasteiger partial charge in [0.1, 0.15) is 11.4 Å². The van der Waals surface area contributed by atoms with Crippen LogP contribution < -0.4 is 4.90 Å². The van der Waals surface area contributed by atoms with Crippen LogP contribution >= 0.6 is 11.6 Å². The number of rotatable bonds is 3. The number of phenolic OH excluding ortho intramolecular Hbond substituents is 1. The molecule has 0 saturated heterocycles. The monoisotopic (exact) mass is 416 g/mol. The Morgan fingerprint density at radius 2 is 1.97 bits per heavy atom. The van der Waals surface area contributed by atoms with Crippen LogP contribution in [-0.4, -0.2) is 28.4 Å². The van der Waals surface area contributed by atoms with E-state index in [1.165, 1.54) is 0 Å². The predicted molar refractivity (Wildman–Crippen MR) is 124 cm³/mol. The summed E-state index contributed by atoms with van der Waals surface area (Å²) >= 11 is 6.29. The number of halogens is 1. The topological polar surface area (TPSA) is 56.3 Å². The maximum Gasteiger partial charge on any atom is 0.274 e. The number of allylic oxidation sites excluding steroid dienone is 1. The molecule has 0 fully saturated rings. The fourth-order valence-corrected chi connectivity index (χ4v) is 4.66. The number of carbonyl (C=O) groups is 1. The molecule has 150 valence electrons. The number of benzene rings is 3. The maximum atomic E-state index is 13.5. The summed E-state index contributed by atoms with van der Waals surface area (Å²) in [5.41, 5.74) is 5.18. The molecule has 1 unspecified atom stereocenters. The van der Waals surface area contributed by atoms with Crippen LogP contribution in [0.3, 0.4) is 0 Å². The third-order valence-corrected chi connectivity index (χ3v) is 6.29. The van der Waals surface area contributed by atoms with Crippen LogP contribution in [-0.2, 0) is 0 Å². The van der Waals surface area contributed by atoms with Crippen LogP contribution in [0.4, 0.5) is 5.69 Å². The summed E-state index contributed by atoms with van der Waals surface area (Å²) in [6.07, 6.45) is 0. The molecule has 1 atom stereocenters. The van der Waals surface area contributed by atoms with Gasteiger partial charge >= 0.3 is 0 Å². The molecule has 4 aromatic rings. The molecular formula is C25H21ClN2O2. The third-order valence-electron chi connectivity index (χ3n) is 5.92. The van der Waals surface area contributed by atoms with E-state index in [1.54, 1.807) is 11.0 Å². The summed E-state index contributed by atoms with van der Waals surface area (Å²) in [6, 6.07) is 17.2. The van der Waals surface area contributed by atoms with Crippen LogP contribution in [0, 0.1) is 0 Å². The van der Waals surface area contributed by atoms with Gasteiger partial charge in [-0.25, -0.2) is 0 Å². The molecule has 0 bridgehead atoms. The molecule has 2 N–H and O–H groups in total. The average Bonchev–Trinajstić information content (AvgIpc) is 3.34. The first kappa shape index (κ1) is 18.8. The largest absolute Gasteiger partial charge is 0.507 e. The van der Waals surface area contributed by atoms with Gasteiger partial charge in [-0.2, -0.15) is 0 Å². The van der Waals surface area contributed by atoms with Gasteiger partial charge in [0.25, 0.3) is 5.91 Å². The third kappa shape index (κ3) is 2.79. The van der Waals surface area contributed by atoms with Crippen molar-refractivity contribution in [3.63, 3.8) is 0 Å². The zero-order valence-corrected chi connectivity index (χ0v) is 17.3. The number of aromatic amines is 1. The number of amides is 1. The molecule has 1 aliphatic heterocycles. The molecule has 0 aliphatic carbocycles. The van der Waals surface area contributed by atoms with Crippen molar-refractivity contribution in [2.75, 3.05) is 17.3 Å². The van der Waals surface area contributed by atoms with Crippen LogP contribution in [0.25, 0.3) is 27.2 Å². The molecule has 2 heterocycles. The molecule has 1 aliphatic rings. The van der Waals surface area contributed by atoms with Gasteiger partial charge in [-0.15, -0.1) is 11.6 Å². The van der Waals surface area contributed by atoms with E-state index in [1.807, 2.05) is 55.5 Å². The molecule has 1 aromatic heterocycles. The van der Waals surface area contributed by atoms with Crippen molar-refractivity contribution in [1.82, 2.24) is 4.98 Å². The number of nitrogens with one attached hydrogen (secondary N) is 1. The summed E-state index contributed by atoms with van der Waals surface area (Å²) < 4.78 is 0. The molecule has 5 rings (SSSR count). The maximum absolute atomic E-state index is 13.5. The second kappa shape index (κ2) is 6.92. The quantitative estimate of drug-likeness (QED) is 0.400. The first-order valence-corrected chi connectivity index (χ1v) is 10.4. The summed E-state index contributed by atoms with van der Waals surface area (Å²) in [4.78, 5) is 18.4. The SMILES string of the molecule is C=C(C)c1ccc2[nH]c(C(=O)N3CC(CCl)c4c3cc(O)c3ccccc43)cc2c1. The van der Waals surface area contributed by atoms with Gasteiger partial charge in [-0.1, -0.05) is 42.5 Å². The van der Waals surface area contributed by atoms with Gasteiger partial charge in [0, 0.05) is 40.7 Å². The smallest absolute Gasteiger partial charge is 0.274 e. The van der Waals surface area contributed by atoms with Crippen LogP contribution in [0.15, 0.2) is 61.2 Å². The average molecular weight is 417 g/mol. The number of alkyl halides is 1. The predicted octanol–water partition coefficient (Wildman–Crippen LogP) is 6.04. The summed E-state index contributed by atoms with van der Waals surface area (Å²) in [5.74, 6) is 0.447. The van der Waals surface area contributed by atoms with E-state index >= 15 is 0 Å². The lowest BCUT2D eigenvalue weighted by molar-refractivity contribution is 0.0984. The number of aromatic nitrogens is 1. The van der Waals surface area contributed by atoms with Gasteiger partial charge in [0.2, 0.25) is 0 Å². The van der Waals surface area contributed by atoms with E-state index in [4.69, 9.17) is 11.6 Å². The van der Waals surface area contributed by atoms with Crippen LogP contribution in [0.5, 0.6) is 5.75 Å². The van der Waals surface area contributed by atoms with Gasteiger partial charge in [-0.05, 0) is 41.6 Å². The highest BCUT2D eigenvalue weighted by Gasteiger charge is 2.35. The fourth-order valence-electron chi connectivity index (χ4n) is 4.40. The molecule has 1 amide bonds. The van der Waals surface area contributed by atoms with E-state index < -0.39 is 0 Å². The van der Waals surface area contributed by atoms with Crippen molar-refractivity contribution < 1.29 is 9.90 Å². The van der Waals surface area contributed by atoms with Crippen molar-refractivity contribution in [3.05, 3.63) is 78.0 Å². The lowest BCUT2D eigenvalue weighted by atomic mass is 9.95. The Labute approximate surface area is 179 Å². The Hall–Kier alpha value is -3.24. The lowest BCUT2D eigenvalue weighted by Gasteiger charge is -2.17. The normalized spacial score (nSPS) is 15.7. The Kier molecular flexibility index (Phi) is 4.33. The second-order valence-corrected chi connectivity index (χ2v) is 8.22. The Morgan fingerprint density at radius 3 is 2.70 bits per heavy atom. The molecular weight excluding hydrogens is 396 g/mol. The standard InChI is InChI=1S/C25H21ClN2O2/c1-14(2)15-7-8-20-16(9-15)10-21(27-20)25(30)28-13-17(12-26)24-19-6-4-3-5-18(19)23(29)11-22(24)28/h3-11,17,27,29H,1,12-13H2,2H3. The highest BCUT2D eigenvalue weighted by molar-refractivity contribution is 6.19. The first-order valence-electron chi connectivity index (χ1n) is 9.89. The zero-order chi connectivity index (χ0) is 21.0. The van der Waals surface area contributed by atoms with Crippen molar-refractivity contribution in [1.29, 1.82) is 0 Å². The first-order chi connectivity index (χ1) is 14.5. The van der Waals surface area contributed by atoms with Gasteiger partial charge in [0.15, 0.2) is 0 Å². The zero-order valence-electron chi connectivity index (χ0n) is 16.6. The van der Waals surface area contributed by atoms with Crippen molar-refractivity contribution in [3.8, 4) is 5.75 Å². The minimum atomic E-state index is -0.133. The second-order valence-electron chi connectivity index (χ2n) is 7.91.